The Morgan fingerprint density at radius 1 is 1.56 bits per heavy atom. The van der Waals surface area contributed by atoms with Crippen LogP contribution in [0, 0.1) is 5.92 Å². The highest BCUT2D eigenvalue weighted by atomic mass is 79.9. The third-order valence-corrected chi connectivity index (χ3v) is 3.47. The Kier molecular flexibility index (Phi) is 3.61. The van der Waals surface area contributed by atoms with Crippen LogP contribution in [-0.4, -0.2) is 24.2 Å². The number of aromatic carboxylic acids is 1. The van der Waals surface area contributed by atoms with Crippen molar-refractivity contribution in [1.82, 2.24) is 5.32 Å². The first-order valence-electron chi connectivity index (χ1n) is 5.39. The number of rotatable bonds is 3. The molecule has 1 heterocycles. The van der Waals surface area contributed by atoms with Gasteiger partial charge < -0.3 is 10.4 Å². The average Bonchev–Trinajstić information content (AvgIpc) is 2.73. The molecule has 2 rings (SSSR count). The summed E-state index contributed by atoms with van der Waals surface area (Å²) < 4.78 is 0.818. The molecule has 1 saturated heterocycles. The molecular formula is C12H14BrNO2. The fourth-order valence-corrected chi connectivity index (χ4v) is 2.49. The summed E-state index contributed by atoms with van der Waals surface area (Å²) in [5.74, 6) is -0.276. The zero-order valence-electron chi connectivity index (χ0n) is 8.87. The molecule has 1 unspecified atom stereocenters. The van der Waals surface area contributed by atoms with E-state index in [1.54, 1.807) is 6.07 Å². The monoisotopic (exact) mass is 283 g/mol. The van der Waals surface area contributed by atoms with Crippen molar-refractivity contribution in [3.8, 4) is 0 Å². The van der Waals surface area contributed by atoms with Crippen LogP contribution >= 0.6 is 15.9 Å². The van der Waals surface area contributed by atoms with Crippen molar-refractivity contribution in [1.29, 1.82) is 0 Å². The van der Waals surface area contributed by atoms with Gasteiger partial charge in [-0.1, -0.05) is 22.0 Å². The van der Waals surface area contributed by atoms with Crippen molar-refractivity contribution in [3.05, 3.63) is 33.8 Å². The summed E-state index contributed by atoms with van der Waals surface area (Å²) in [4.78, 5) is 11.1. The zero-order valence-corrected chi connectivity index (χ0v) is 10.5. The van der Waals surface area contributed by atoms with Crippen molar-refractivity contribution >= 4 is 21.9 Å². The van der Waals surface area contributed by atoms with Crippen LogP contribution in [0.3, 0.4) is 0 Å². The summed E-state index contributed by atoms with van der Waals surface area (Å²) in [6.45, 7) is 2.04. The Morgan fingerprint density at radius 2 is 2.38 bits per heavy atom. The molecule has 0 aliphatic carbocycles. The van der Waals surface area contributed by atoms with Gasteiger partial charge in [-0.05, 0) is 49.5 Å². The molecule has 0 aromatic heterocycles. The Balaban J connectivity index is 2.21. The molecule has 0 radical (unpaired) electrons. The van der Waals surface area contributed by atoms with Crippen molar-refractivity contribution in [2.24, 2.45) is 5.92 Å². The second kappa shape index (κ2) is 4.97. The molecule has 0 amide bonds. The van der Waals surface area contributed by atoms with E-state index in [1.165, 1.54) is 0 Å². The molecule has 4 heteroatoms. The van der Waals surface area contributed by atoms with E-state index in [4.69, 9.17) is 5.11 Å². The summed E-state index contributed by atoms with van der Waals surface area (Å²) in [6.07, 6.45) is 1.98. The minimum Gasteiger partial charge on any atom is -0.478 e. The van der Waals surface area contributed by atoms with Gasteiger partial charge in [-0.25, -0.2) is 4.79 Å². The molecule has 1 aliphatic heterocycles. The number of hydrogen-bond donors (Lipinski definition) is 2. The predicted octanol–water partition coefficient (Wildman–Crippen LogP) is 2.30. The van der Waals surface area contributed by atoms with Crippen LogP contribution in [0.5, 0.6) is 0 Å². The zero-order chi connectivity index (χ0) is 11.5. The summed E-state index contributed by atoms with van der Waals surface area (Å²) in [6, 6.07) is 5.50. The molecule has 0 saturated carbocycles. The van der Waals surface area contributed by atoms with Gasteiger partial charge in [0.25, 0.3) is 0 Å². The van der Waals surface area contributed by atoms with Crippen LogP contribution in [0.2, 0.25) is 0 Å². The maximum atomic E-state index is 11.1. The van der Waals surface area contributed by atoms with Gasteiger partial charge in [0.2, 0.25) is 0 Å². The predicted molar refractivity (Wildman–Crippen MR) is 65.8 cm³/mol. The van der Waals surface area contributed by atoms with E-state index < -0.39 is 5.97 Å². The summed E-state index contributed by atoms with van der Waals surface area (Å²) in [5, 5.41) is 12.4. The van der Waals surface area contributed by atoms with Gasteiger partial charge in [-0.2, -0.15) is 0 Å². The first-order valence-corrected chi connectivity index (χ1v) is 6.18. The van der Waals surface area contributed by atoms with Crippen LogP contribution in [-0.2, 0) is 6.42 Å². The molecule has 0 spiro atoms. The van der Waals surface area contributed by atoms with Crippen LogP contribution < -0.4 is 5.32 Å². The van der Waals surface area contributed by atoms with Gasteiger partial charge in [-0.15, -0.1) is 0 Å². The van der Waals surface area contributed by atoms with Crippen molar-refractivity contribution in [3.63, 3.8) is 0 Å². The Labute approximate surface area is 103 Å². The molecule has 86 valence electrons. The van der Waals surface area contributed by atoms with Crippen LogP contribution in [0.15, 0.2) is 22.7 Å². The molecule has 16 heavy (non-hydrogen) atoms. The SMILES string of the molecule is O=C(O)c1cc(Br)ccc1CC1CCNC1. The van der Waals surface area contributed by atoms with E-state index in [2.05, 4.69) is 21.2 Å². The minimum absolute atomic E-state index is 0.418. The topological polar surface area (TPSA) is 49.3 Å². The fraction of sp³-hybridized carbons (Fsp3) is 0.417. The molecule has 1 atom stereocenters. The third kappa shape index (κ3) is 2.62. The van der Waals surface area contributed by atoms with Crippen molar-refractivity contribution in [2.45, 2.75) is 12.8 Å². The summed E-state index contributed by atoms with van der Waals surface area (Å²) in [5.41, 5.74) is 1.35. The second-order valence-corrected chi connectivity index (χ2v) is 5.09. The Bertz CT molecular complexity index is 400. The average molecular weight is 284 g/mol. The van der Waals surface area contributed by atoms with Gasteiger partial charge in [-0.3, -0.25) is 0 Å². The standard InChI is InChI=1S/C12H14BrNO2/c13-10-2-1-9(11(6-10)12(15)16)5-8-3-4-14-7-8/h1-2,6,8,14H,3-5,7H2,(H,15,16). The van der Waals surface area contributed by atoms with Crippen LogP contribution in [0.1, 0.15) is 22.3 Å². The Morgan fingerprint density at radius 3 is 3.00 bits per heavy atom. The minimum atomic E-state index is -0.845. The number of hydrogen-bond acceptors (Lipinski definition) is 2. The van der Waals surface area contributed by atoms with Crippen LogP contribution in [0.25, 0.3) is 0 Å². The number of carboxylic acid groups (broad SMARTS) is 1. The lowest BCUT2D eigenvalue weighted by Crippen LogP contribution is -2.12. The number of halogens is 1. The largest absolute Gasteiger partial charge is 0.478 e. The molecular weight excluding hydrogens is 270 g/mol. The lowest BCUT2D eigenvalue weighted by molar-refractivity contribution is 0.0695. The molecule has 1 aromatic rings. The maximum absolute atomic E-state index is 11.1. The highest BCUT2D eigenvalue weighted by molar-refractivity contribution is 9.10. The molecule has 3 nitrogen and oxygen atoms in total. The number of nitrogens with one attached hydrogen (secondary N) is 1. The molecule has 1 aromatic carbocycles. The highest BCUT2D eigenvalue weighted by Crippen LogP contribution is 2.22. The Hall–Kier alpha value is -0.870. The quantitative estimate of drug-likeness (QED) is 0.895. The van der Waals surface area contributed by atoms with E-state index in [1.807, 2.05) is 12.1 Å². The van der Waals surface area contributed by atoms with Gasteiger partial charge >= 0.3 is 5.97 Å². The van der Waals surface area contributed by atoms with Gasteiger partial charge in [0.05, 0.1) is 5.56 Å². The van der Waals surface area contributed by atoms with Crippen molar-refractivity contribution < 1.29 is 9.90 Å². The van der Waals surface area contributed by atoms with Crippen LogP contribution in [0.4, 0.5) is 0 Å². The second-order valence-electron chi connectivity index (χ2n) is 4.17. The van der Waals surface area contributed by atoms with E-state index in [9.17, 15) is 4.79 Å². The van der Waals surface area contributed by atoms with Gasteiger partial charge in [0, 0.05) is 4.47 Å². The lowest BCUT2D eigenvalue weighted by atomic mass is 9.95. The normalized spacial score (nSPS) is 19.9. The number of benzene rings is 1. The van der Waals surface area contributed by atoms with E-state index in [-0.39, 0.29) is 0 Å². The maximum Gasteiger partial charge on any atom is 0.336 e. The molecule has 1 fully saturated rings. The highest BCUT2D eigenvalue weighted by Gasteiger charge is 2.18. The lowest BCUT2D eigenvalue weighted by Gasteiger charge is -2.11. The van der Waals surface area contributed by atoms with E-state index >= 15 is 0 Å². The molecule has 0 bridgehead atoms. The first kappa shape index (κ1) is 11.6. The number of carbonyl (C=O) groups is 1. The van der Waals surface area contributed by atoms with Gasteiger partial charge in [0.1, 0.15) is 0 Å². The molecule has 1 aliphatic rings. The smallest absolute Gasteiger partial charge is 0.336 e. The number of carboxylic acids is 1. The fourth-order valence-electron chi connectivity index (χ4n) is 2.13. The summed E-state index contributed by atoms with van der Waals surface area (Å²) in [7, 11) is 0. The van der Waals surface area contributed by atoms with Crippen molar-refractivity contribution in [2.75, 3.05) is 13.1 Å². The third-order valence-electron chi connectivity index (χ3n) is 2.97. The summed E-state index contributed by atoms with van der Waals surface area (Å²) >= 11 is 3.30. The van der Waals surface area contributed by atoms with Gasteiger partial charge in [0.15, 0.2) is 0 Å². The first-order chi connectivity index (χ1) is 7.66. The molecule has 2 N–H and O–H groups in total. The van der Waals surface area contributed by atoms with E-state index in [0.717, 1.165) is 36.0 Å². The van der Waals surface area contributed by atoms with E-state index in [0.29, 0.717) is 11.5 Å².